The molecule has 33 heavy (non-hydrogen) atoms. The molecule has 0 aromatic heterocycles. The highest BCUT2D eigenvalue weighted by Crippen LogP contribution is 2.37. The van der Waals surface area contributed by atoms with Crippen molar-refractivity contribution in [3.05, 3.63) is 36.4 Å². The molecule has 1 aromatic rings. The second kappa shape index (κ2) is 14.9. The Morgan fingerprint density at radius 1 is 0.788 bits per heavy atom. The van der Waals surface area contributed by atoms with Crippen molar-refractivity contribution in [3.8, 4) is 11.5 Å². The van der Waals surface area contributed by atoms with Gasteiger partial charge in [-0.1, -0.05) is 12.6 Å². The van der Waals surface area contributed by atoms with Crippen molar-refractivity contribution >= 4 is 5.97 Å². The predicted molar refractivity (Wildman–Crippen MR) is 122 cm³/mol. The Kier molecular flexibility index (Phi) is 13.0. The Morgan fingerprint density at radius 2 is 1.27 bits per heavy atom. The smallest absolute Gasteiger partial charge is 0.414 e. The number of carbonyl (C=O) groups is 1. The van der Waals surface area contributed by atoms with E-state index in [1.807, 2.05) is 20.8 Å². The molecular weight excluding hydrogens is 432 g/mol. The molecule has 0 bridgehead atoms. The number of hydrogen-bond acceptors (Lipinski definition) is 9. The molecule has 0 atom stereocenters. The summed E-state index contributed by atoms with van der Waals surface area (Å²) in [6.45, 7) is 15.7. The maximum atomic E-state index is 11.5. The Hall–Kier alpha value is -2.17. The van der Waals surface area contributed by atoms with Gasteiger partial charge in [-0.25, -0.2) is 4.79 Å². The van der Waals surface area contributed by atoms with Gasteiger partial charge < -0.3 is 37.9 Å². The lowest BCUT2D eigenvalue weighted by molar-refractivity contribution is -0.542. The lowest BCUT2D eigenvalue weighted by Crippen LogP contribution is -2.66. The van der Waals surface area contributed by atoms with E-state index in [0.717, 1.165) is 0 Å². The van der Waals surface area contributed by atoms with Gasteiger partial charge >= 0.3 is 17.9 Å². The molecule has 0 fully saturated rings. The predicted octanol–water partition coefficient (Wildman–Crippen LogP) is 4.05. The fourth-order valence-electron chi connectivity index (χ4n) is 2.88. The summed E-state index contributed by atoms with van der Waals surface area (Å²) in [5.41, 5.74) is 0.329. The number of carbonyl (C=O) groups excluding carboxylic acids is 1. The van der Waals surface area contributed by atoms with E-state index >= 15 is 0 Å². The minimum atomic E-state index is -1.85. The molecule has 0 unspecified atom stereocenters. The summed E-state index contributed by atoms with van der Waals surface area (Å²) < 4.78 is 46.6. The maximum Gasteiger partial charge on any atom is 0.414 e. The molecule has 0 heterocycles. The third kappa shape index (κ3) is 8.28. The van der Waals surface area contributed by atoms with Crippen LogP contribution in [0.15, 0.2) is 36.4 Å². The van der Waals surface area contributed by atoms with Crippen LogP contribution >= 0.6 is 0 Å². The first kappa shape index (κ1) is 28.9. The average Bonchev–Trinajstić information content (AvgIpc) is 2.77. The van der Waals surface area contributed by atoms with Crippen LogP contribution in [0.1, 0.15) is 41.5 Å². The van der Waals surface area contributed by atoms with Gasteiger partial charge in [0.15, 0.2) is 0 Å². The van der Waals surface area contributed by atoms with Crippen LogP contribution in [-0.2, 0) is 33.2 Å². The minimum Gasteiger partial charge on any atom is -0.490 e. The van der Waals surface area contributed by atoms with Crippen molar-refractivity contribution in [1.82, 2.24) is 0 Å². The van der Waals surface area contributed by atoms with Crippen LogP contribution in [0.5, 0.6) is 11.5 Å². The summed E-state index contributed by atoms with van der Waals surface area (Å²) in [6, 6.07) is 6.87. The molecule has 0 aliphatic heterocycles. The number of hydrogen-bond donors (Lipinski definition) is 0. The summed E-state index contributed by atoms with van der Waals surface area (Å²) in [4.78, 5) is 11.5. The summed E-state index contributed by atoms with van der Waals surface area (Å²) in [7, 11) is 0. The highest BCUT2D eigenvalue weighted by atomic mass is 17.0. The van der Waals surface area contributed by atoms with Crippen molar-refractivity contribution in [2.45, 2.75) is 53.5 Å². The summed E-state index contributed by atoms with van der Waals surface area (Å²) in [6.07, 6.45) is 0. The van der Waals surface area contributed by atoms with Gasteiger partial charge in [0.1, 0.15) is 24.7 Å². The van der Waals surface area contributed by atoms with Gasteiger partial charge in [0.2, 0.25) is 0 Å². The van der Waals surface area contributed by atoms with Crippen molar-refractivity contribution in [2.75, 3.05) is 46.2 Å². The number of esters is 1. The van der Waals surface area contributed by atoms with Gasteiger partial charge in [-0.05, 0) is 53.7 Å². The molecule has 0 amide bonds. The molecule has 0 spiro atoms. The zero-order valence-electron chi connectivity index (χ0n) is 20.6. The fourth-order valence-corrected chi connectivity index (χ4v) is 2.88. The molecule has 9 nitrogen and oxygen atoms in total. The molecule has 0 N–H and O–H groups in total. The molecule has 1 rings (SSSR count). The molecular formula is C24H38O9. The third-order valence-electron chi connectivity index (χ3n) is 4.04. The molecule has 9 heteroatoms. The molecule has 1 aromatic carbocycles. The van der Waals surface area contributed by atoms with E-state index in [0.29, 0.717) is 17.1 Å². The van der Waals surface area contributed by atoms with E-state index < -0.39 is 17.9 Å². The van der Waals surface area contributed by atoms with Gasteiger partial charge in [0, 0.05) is 31.5 Å². The Balaban J connectivity index is 3.16. The molecule has 0 radical (unpaired) electrons. The summed E-state index contributed by atoms with van der Waals surface area (Å²) in [5.74, 6) is -3.22. The molecule has 188 valence electrons. The van der Waals surface area contributed by atoms with Crippen LogP contribution in [0, 0.1) is 0 Å². The van der Waals surface area contributed by atoms with Crippen molar-refractivity contribution in [3.63, 3.8) is 0 Å². The molecule has 0 saturated carbocycles. The van der Waals surface area contributed by atoms with E-state index in [-0.39, 0.29) is 46.2 Å². The quantitative estimate of drug-likeness (QED) is 0.136. The molecule has 0 aliphatic carbocycles. The van der Waals surface area contributed by atoms with E-state index in [2.05, 4.69) is 6.58 Å². The second-order valence-corrected chi connectivity index (χ2v) is 6.62. The largest absolute Gasteiger partial charge is 0.490 e. The Labute approximate surface area is 196 Å². The zero-order valence-corrected chi connectivity index (χ0v) is 20.6. The van der Waals surface area contributed by atoms with Gasteiger partial charge in [-0.2, -0.15) is 0 Å². The summed E-state index contributed by atoms with van der Waals surface area (Å²) in [5, 5.41) is 0. The first-order chi connectivity index (χ1) is 15.8. The van der Waals surface area contributed by atoms with E-state index in [4.69, 9.17) is 37.9 Å². The van der Waals surface area contributed by atoms with Crippen LogP contribution in [-0.4, -0.2) is 64.2 Å². The fraction of sp³-hybridized carbons (Fsp3) is 0.625. The average molecular weight is 471 g/mol. The lowest BCUT2D eigenvalue weighted by atomic mass is 10.3. The standard InChI is InChI=1S/C24H38O9/c1-8-28-23(29-9-2,30-10-3)24(31-11-4,32-12-5)33-21-15-13-14-20(18-21)26-16-17-27-22(25)19(6)7/h13-15,18H,6,8-12,16-17H2,1-5,7H3. The SMILES string of the molecule is C=C(C)C(=O)OCCOc1cccc(OC(OCC)(OCC)C(OCC)(OCC)OCC)c1. The van der Waals surface area contributed by atoms with Crippen molar-refractivity contribution in [1.29, 1.82) is 0 Å². The normalized spacial score (nSPS) is 11.8. The molecule has 0 aliphatic rings. The molecule has 0 saturated heterocycles. The van der Waals surface area contributed by atoms with E-state index in [1.165, 1.54) is 0 Å². The zero-order chi connectivity index (χ0) is 24.7. The van der Waals surface area contributed by atoms with Gasteiger partial charge in [0.05, 0.1) is 13.2 Å². The van der Waals surface area contributed by atoms with Crippen LogP contribution in [0.2, 0.25) is 0 Å². The highest BCUT2D eigenvalue weighted by Gasteiger charge is 2.62. The van der Waals surface area contributed by atoms with E-state index in [1.54, 1.807) is 45.0 Å². The van der Waals surface area contributed by atoms with Crippen molar-refractivity contribution in [2.24, 2.45) is 0 Å². The van der Waals surface area contributed by atoms with Crippen LogP contribution < -0.4 is 9.47 Å². The lowest BCUT2D eigenvalue weighted by Gasteiger charge is -2.45. The monoisotopic (exact) mass is 470 g/mol. The topological polar surface area (TPSA) is 90.9 Å². The maximum absolute atomic E-state index is 11.5. The number of ether oxygens (including phenoxy) is 8. The third-order valence-corrected chi connectivity index (χ3v) is 4.04. The number of benzene rings is 1. The summed E-state index contributed by atoms with van der Waals surface area (Å²) >= 11 is 0. The van der Waals surface area contributed by atoms with Gasteiger partial charge in [0.25, 0.3) is 0 Å². The van der Waals surface area contributed by atoms with Crippen LogP contribution in [0.3, 0.4) is 0 Å². The minimum absolute atomic E-state index is 0.0841. The first-order valence-corrected chi connectivity index (χ1v) is 11.3. The van der Waals surface area contributed by atoms with E-state index in [9.17, 15) is 4.79 Å². The highest BCUT2D eigenvalue weighted by molar-refractivity contribution is 5.86. The van der Waals surface area contributed by atoms with Gasteiger partial charge in [-0.3, -0.25) is 0 Å². The second-order valence-electron chi connectivity index (χ2n) is 6.62. The van der Waals surface area contributed by atoms with Crippen molar-refractivity contribution < 1.29 is 42.7 Å². The van der Waals surface area contributed by atoms with Gasteiger partial charge in [-0.15, -0.1) is 0 Å². The Morgan fingerprint density at radius 3 is 1.76 bits per heavy atom. The van der Waals surface area contributed by atoms with Crippen LogP contribution in [0.4, 0.5) is 0 Å². The van der Waals surface area contributed by atoms with Crippen LogP contribution in [0.25, 0.3) is 0 Å². The number of rotatable bonds is 18. The first-order valence-electron chi connectivity index (χ1n) is 11.3. The Bertz CT molecular complexity index is 697.